The van der Waals surface area contributed by atoms with E-state index >= 15 is 0 Å². The van der Waals surface area contributed by atoms with E-state index in [9.17, 15) is 4.79 Å². The summed E-state index contributed by atoms with van der Waals surface area (Å²) in [5.74, 6) is 0. The highest BCUT2D eigenvalue weighted by atomic mass is 16.6. The van der Waals surface area contributed by atoms with E-state index in [-0.39, 0.29) is 0 Å². The maximum Gasteiger partial charge on any atom is 0.435 e. The number of hydrogen-bond donors (Lipinski definition) is 0. The number of carbonyl (C=O) groups excluding carboxylic acids is 1. The fourth-order valence-electron chi connectivity index (χ4n) is 1.27. The van der Waals surface area contributed by atoms with E-state index in [1.165, 1.54) is 17.1 Å². The van der Waals surface area contributed by atoms with Crippen LogP contribution >= 0.6 is 0 Å². The topological polar surface area (TPSA) is 57.3 Å². The van der Waals surface area contributed by atoms with Crippen LogP contribution in [0.5, 0.6) is 0 Å². The van der Waals surface area contributed by atoms with Crippen molar-refractivity contribution in [1.82, 2.24) is 9.78 Å². The SMILES string of the molecule is CCCCOC(=O)n1ncc2occc21. The molecule has 0 saturated carbocycles. The molecule has 0 aliphatic rings. The largest absolute Gasteiger partial charge is 0.461 e. The molecule has 0 unspecified atom stereocenters. The first-order valence-corrected chi connectivity index (χ1v) is 4.91. The molecular weight excluding hydrogens is 196 g/mol. The number of unbranched alkanes of at least 4 members (excludes halogenated alkanes) is 1. The van der Waals surface area contributed by atoms with Crippen molar-refractivity contribution in [2.45, 2.75) is 19.8 Å². The van der Waals surface area contributed by atoms with Gasteiger partial charge in [0.15, 0.2) is 5.58 Å². The molecule has 0 amide bonds. The van der Waals surface area contributed by atoms with Gasteiger partial charge in [0.1, 0.15) is 5.52 Å². The Morgan fingerprint density at radius 3 is 3.33 bits per heavy atom. The van der Waals surface area contributed by atoms with Crippen LogP contribution in [-0.2, 0) is 4.74 Å². The van der Waals surface area contributed by atoms with Crippen molar-refractivity contribution in [2.75, 3.05) is 6.61 Å². The molecule has 0 saturated heterocycles. The van der Waals surface area contributed by atoms with E-state index in [2.05, 4.69) is 5.10 Å². The van der Waals surface area contributed by atoms with Crippen molar-refractivity contribution in [2.24, 2.45) is 0 Å². The van der Waals surface area contributed by atoms with Gasteiger partial charge in [-0.1, -0.05) is 13.3 Å². The zero-order valence-electron chi connectivity index (χ0n) is 8.47. The van der Waals surface area contributed by atoms with Gasteiger partial charge in [-0.05, 0) is 6.42 Å². The van der Waals surface area contributed by atoms with Crippen LogP contribution in [-0.4, -0.2) is 22.5 Å². The third-order valence-corrected chi connectivity index (χ3v) is 2.09. The number of fused-ring (bicyclic) bond motifs is 1. The Morgan fingerprint density at radius 2 is 2.53 bits per heavy atom. The predicted octanol–water partition coefficient (Wildman–Crippen LogP) is 2.41. The molecule has 0 fully saturated rings. The molecule has 2 rings (SSSR count). The van der Waals surface area contributed by atoms with Crippen LogP contribution in [0.2, 0.25) is 0 Å². The van der Waals surface area contributed by atoms with Crippen molar-refractivity contribution in [3.8, 4) is 0 Å². The summed E-state index contributed by atoms with van der Waals surface area (Å²) in [6.07, 6.45) is 4.41. The highest BCUT2D eigenvalue weighted by Gasteiger charge is 2.12. The van der Waals surface area contributed by atoms with E-state index in [1.54, 1.807) is 6.07 Å². The highest BCUT2D eigenvalue weighted by molar-refractivity contribution is 5.84. The van der Waals surface area contributed by atoms with E-state index in [0.717, 1.165) is 12.8 Å². The molecule has 0 aliphatic carbocycles. The normalized spacial score (nSPS) is 10.7. The minimum absolute atomic E-state index is 0.425. The number of ether oxygens (including phenoxy) is 1. The monoisotopic (exact) mass is 208 g/mol. The zero-order chi connectivity index (χ0) is 10.7. The molecular formula is C10H12N2O3. The Balaban J connectivity index is 2.10. The number of hydrogen-bond acceptors (Lipinski definition) is 4. The van der Waals surface area contributed by atoms with E-state index in [0.29, 0.717) is 17.7 Å². The third-order valence-electron chi connectivity index (χ3n) is 2.09. The zero-order valence-corrected chi connectivity index (χ0v) is 8.47. The number of carbonyl (C=O) groups is 1. The lowest BCUT2D eigenvalue weighted by atomic mass is 10.4. The first-order chi connectivity index (χ1) is 7.33. The standard InChI is InChI=1S/C10H12N2O3/c1-2-3-5-15-10(13)12-8-4-6-14-9(8)7-11-12/h4,6-7H,2-3,5H2,1H3. The summed E-state index contributed by atoms with van der Waals surface area (Å²) in [4.78, 5) is 11.5. The van der Waals surface area contributed by atoms with Crippen molar-refractivity contribution in [3.63, 3.8) is 0 Å². The Morgan fingerprint density at radius 1 is 1.67 bits per heavy atom. The predicted molar refractivity (Wildman–Crippen MR) is 53.7 cm³/mol. The maximum absolute atomic E-state index is 11.5. The number of furan rings is 1. The number of rotatable bonds is 3. The van der Waals surface area contributed by atoms with Crippen LogP contribution in [0.15, 0.2) is 22.9 Å². The average Bonchev–Trinajstić information content (AvgIpc) is 2.78. The van der Waals surface area contributed by atoms with E-state index in [4.69, 9.17) is 9.15 Å². The molecule has 2 aromatic heterocycles. The molecule has 0 spiro atoms. The molecule has 0 aliphatic heterocycles. The Bertz CT molecular complexity index is 458. The Hall–Kier alpha value is -1.78. The third kappa shape index (κ3) is 1.86. The van der Waals surface area contributed by atoms with Crippen LogP contribution in [0.3, 0.4) is 0 Å². The molecule has 2 aromatic rings. The summed E-state index contributed by atoms with van der Waals surface area (Å²) in [6, 6.07) is 1.68. The molecule has 0 aromatic carbocycles. The summed E-state index contributed by atoms with van der Waals surface area (Å²) < 4.78 is 11.3. The molecule has 2 heterocycles. The van der Waals surface area contributed by atoms with Crippen LogP contribution in [0, 0.1) is 0 Å². The van der Waals surface area contributed by atoms with Crippen molar-refractivity contribution in [1.29, 1.82) is 0 Å². The van der Waals surface area contributed by atoms with Gasteiger partial charge in [-0.25, -0.2) is 4.79 Å². The van der Waals surface area contributed by atoms with Crippen molar-refractivity contribution >= 4 is 17.2 Å². The van der Waals surface area contributed by atoms with Crippen molar-refractivity contribution < 1.29 is 13.9 Å². The van der Waals surface area contributed by atoms with Gasteiger partial charge >= 0.3 is 6.09 Å². The summed E-state index contributed by atoms with van der Waals surface area (Å²) in [5, 5.41) is 3.88. The first kappa shape index (κ1) is 9.76. The van der Waals surface area contributed by atoms with E-state index < -0.39 is 6.09 Å². The quantitative estimate of drug-likeness (QED) is 0.727. The van der Waals surface area contributed by atoms with Gasteiger partial charge in [0.25, 0.3) is 0 Å². The molecule has 0 bridgehead atoms. The van der Waals surface area contributed by atoms with Gasteiger partial charge < -0.3 is 9.15 Å². The highest BCUT2D eigenvalue weighted by Crippen LogP contribution is 2.14. The second-order valence-corrected chi connectivity index (χ2v) is 3.19. The number of aromatic nitrogens is 2. The van der Waals surface area contributed by atoms with Gasteiger partial charge in [0.2, 0.25) is 0 Å². The summed E-state index contributed by atoms with van der Waals surface area (Å²) in [7, 11) is 0. The smallest absolute Gasteiger partial charge is 0.435 e. The second kappa shape index (κ2) is 4.16. The lowest BCUT2D eigenvalue weighted by molar-refractivity contribution is 0.144. The van der Waals surface area contributed by atoms with E-state index in [1.807, 2.05) is 6.92 Å². The Labute approximate surface area is 86.6 Å². The molecule has 0 atom stereocenters. The minimum atomic E-state index is -0.458. The molecule has 15 heavy (non-hydrogen) atoms. The van der Waals surface area contributed by atoms with Crippen molar-refractivity contribution in [3.05, 3.63) is 18.5 Å². The molecule has 5 heteroatoms. The van der Waals surface area contributed by atoms with Crippen LogP contribution in [0.1, 0.15) is 19.8 Å². The molecule has 80 valence electrons. The number of nitrogens with zero attached hydrogens (tertiary/aromatic N) is 2. The minimum Gasteiger partial charge on any atom is -0.461 e. The second-order valence-electron chi connectivity index (χ2n) is 3.19. The van der Waals surface area contributed by atoms with Gasteiger partial charge in [0.05, 0.1) is 19.1 Å². The summed E-state index contributed by atoms with van der Waals surface area (Å²) in [5.41, 5.74) is 1.22. The van der Waals surface area contributed by atoms with Crippen LogP contribution < -0.4 is 0 Å². The van der Waals surface area contributed by atoms with Gasteiger partial charge in [0, 0.05) is 6.07 Å². The molecule has 0 radical (unpaired) electrons. The maximum atomic E-state index is 11.5. The summed E-state index contributed by atoms with van der Waals surface area (Å²) >= 11 is 0. The lowest BCUT2D eigenvalue weighted by Gasteiger charge is -2.02. The fraction of sp³-hybridized carbons (Fsp3) is 0.400. The van der Waals surface area contributed by atoms with Crippen LogP contribution in [0.25, 0.3) is 11.1 Å². The Kier molecular flexibility index (Phi) is 2.71. The van der Waals surface area contributed by atoms with Gasteiger partial charge in [-0.15, -0.1) is 0 Å². The van der Waals surface area contributed by atoms with Gasteiger partial charge in [-0.3, -0.25) is 0 Å². The molecule has 5 nitrogen and oxygen atoms in total. The lowest BCUT2D eigenvalue weighted by Crippen LogP contribution is -2.15. The first-order valence-electron chi connectivity index (χ1n) is 4.91. The average molecular weight is 208 g/mol. The van der Waals surface area contributed by atoms with Gasteiger partial charge in [-0.2, -0.15) is 9.78 Å². The summed E-state index contributed by atoms with van der Waals surface area (Å²) in [6.45, 7) is 2.46. The molecule has 0 N–H and O–H groups in total. The fourth-order valence-corrected chi connectivity index (χ4v) is 1.27. The van der Waals surface area contributed by atoms with Crippen LogP contribution in [0.4, 0.5) is 4.79 Å².